The first kappa shape index (κ1) is 24.0. The van der Waals surface area contributed by atoms with Gasteiger partial charge in [-0.15, -0.1) is 0 Å². The third-order valence-electron chi connectivity index (χ3n) is 5.50. The van der Waals surface area contributed by atoms with Gasteiger partial charge in [0.1, 0.15) is 16.4 Å². The van der Waals surface area contributed by atoms with E-state index in [1.807, 2.05) is 12.1 Å². The molecule has 176 valence electrons. The molecular formula is C22H30N2O7S. The summed E-state index contributed by atoms with van der Waals surface area (Å²) in [5.74, 6) is 2.50. The summed E-state index contributed by atoms with van der Waals surface area (Å²) in [6.45, 7) is 2.46. The van der Waals surface area contributed by atoms with E-state index in [9.17, 15) is 8.42 Å². The maximum atomic E-state index is 13.3. The summed E-state index contributed by atoms with van der Waals surface area (Å²) in [7, 11) is 3.96. The molecule has 0 spiro atoms. The average Bonchev–Trinajstić information content (AvgIpc) is 2.83. The first-order chi connectivity index (χ1) is 15.4. The molecule has 0 bridgehead atoms. The summed E-state index contributed by atoms with van der Waals surface area (Å²) in [4.78, 5) is 2.29. The lowest BCUT2D eigenvalue weighted by Crippen LogP contribution is -2.48. The molecule has 2 aromatic rings. The highest BCUT2D eigenvalue weighted by Crippen LogP contribution is 2.40. The molecule has 1 saturated heterocycles. The molecule has 0 amide bonds. The minimum Gasteiger partial charge on any atom is -0.497 e. The number of piperazine rings is 1. The van der Waals surface area contributed by atoms with Crippen molar-refractivity contribution >= 4 is 10.0 Å². The summed E-state index contributed by atoms with van der Waals surface area (Å²) in [6.07, 6.45) is 0. The van der Waals surface area contributed by atoms with Gasteiger partial charge in [-0.3, -0.25) is 4.90 Å². The molecule has 9 nitrogen and oxygen atoms in total. The molecule has 0 aliphatic carbocycles. The van der Waals surface area contributed by atoms with Crippen LogP contribution in [0, 0.1) is 0 Å². The number of hydrogen-bond donors (Lipinski definition) is 0. The molecule has 0 saturated carbocycles. The quantitative estimate of drug-likeness (QED) is 0.556. The van der Waals surface area contributed by atoms with E-state index >= 15 is 0 Å². The minimum absolute atomic E-state index is 0.106. The Labute approximate surface area is 189 Å². The van der Waals surface area contributed by atoms with Gasteiger partial charge in [-0.1, -0.05) is 6.07 Å². The van der Waals surface area contributed by atoms with Gasteiger partial charge in [0.15, 0.2) is 11.5 Å². The number of ether oxygens (including phenoxy) is 5. The number of methoxy groups -OCH3 is 5. The van der Waals surface area contributed by atoms with Crippen LogP contribution in [-0.4, -0.2) is 79.4 Å². The van der Waals surface area contributed by atoms with Gasteiger partial charge in [-0.05, 0) is 18.2 Å². The molecule has 0 atom stereocenters. The van der Waals surface area contributed by atoms with Crippen LogP contribution in [0.25, 0.3) is 0 Å². The number of hydrogen-bond acceptors (Lipinski definition) is 8. The Hall–Kier alpha value is -2.69. The predicted molar refractivity (Wildman–Crippen MR) is 120 cm³/mol. The van der Waals surface area contributed by atoms with Crippen LogP contribution < -0.4 is 23.7 Å². The van der Waals surface area contributed by atoms with Crippen LogP contribution in [0.15, 0.2) is 35.2 Å². The van der Waals surface area contributed by atoms with Crippen molar-refractivity contribution in [1.29, 1.82) is 0 Å². The maximum absolute atomic E-state index is 13.3. The fourth-order valence-corrected chi connectivity index (χ4v) is 5.37. The zero-order valence-corrected chi connectivity index (χ0v) is 19.9. The first-order valence-electron chi connectivity index (χ1n) is 10.1. The van der Waals surface area contributed by atoms with Gasteiger partial charge in [0.2, 0.25) is 15.8 Å². The van der Waals surface area contributed by atoms with E-state index in [2.05, 4.69) is 4.90 Å². The molecule has 0 N–H and O–H groups in total. The third kappa shape index (κ3) is 4.72. The van der Waals surface area contributed by atoms with E-state index in [-0.39, 0.29) is 4.90 Å². The molecule has 2 aromatic carbocycles. The van der Waals surface area contributed by atoms with Gasteiger partial charge in [-0.25, -0.2) is 8.42 Å². The summed E-state index contributed by atoms with van der Waals surface area (Å²) in [6, 6.07) is 8.55. The van der Waals surface area contributed by atoms with Gasteiger partial charge in [-0.2, -0.15) is 4.31 Å². The topological polar surface area (TPSA) is 86.8 Å². The van der Waals surface area contributed by atoms with Crippen molar-refractivity contribution in [3.8, 4) is 28.7 Å². The van der Waals surface area contributed by atoms with Crippen molar-refractivity contribution in [2.45, 2.75) is 11.4 Å². The van der Waals surface area contributed by atoms with Crippen LogP contribution in [0.4, 0.5) is 0 Å². The van der Waals surface area contributed by atoms with Crippen LogP contribution in [0.5, 0.6) is 28.7 Å². The predicted octanol–water partition coefficient (Wildman–Crippen LogP) is 2.24. The Kier molecular flexibility index (Phi) is 7.70. The van der Waals surface area contributed by atoms with Gasteiger partial charge >= 0.3 is 0 Å². The molecule has 1 aliphatic rings. The molecule has 32 heavy (non-hydrogen) atoms. The van der Waals surface area contributed by atoms with Crippen LogP contribution in [0.3, 0.4) is 0 Å². The largest absolute Gasteiger partial charge is 0.497 e. The average molecular weight is 467 g/mol. The first-order valence-corrected chi connectivity index (χ1v) is 11.6. The Morgan fingerprint density at radius 3 is 1.94 bits per heavy atom. The van der Waals surface area contributed by atoms with Crippen LogP contribution in [0.1, 0.15) is 5.56 Å². The van der Waals surface area contributed by atoms with Crippen molar-refractivity contribution in [1.82, 2.24) is 9.21 Å². The van der Waals surface area contributed by atoms with Crippen molar-refractivity contribution < 1.29 is 32.1 Å². The number of rotatable bonds is 9. The normalized spacial score (nSPS) is 15.3. The highest BCUT2D eigenvalue weighted by Gasteiger charge is 2.31. The molecule has 1 fully saturated rings. The minimum atomic E-state index is -3.73. The summed E-state index contributed by atoms with van der Waals surface area (Å²) >= 11 is 0. The molecule has 1 aliphatic heterocycles. The lowest BCUT2D eigenvalue weighted by Gasteiger charge is -2.34. The van der Waals surface area contributed by atoms with E-state index in [1.165, 1.54) is 24.6 Å². The maximum Gasteiger partial charge on any atom is 0.246 e. The third-order valence-corrected chi connectivity index (χ3v) is 7.42. The molecule has 0 unspecified atom stereocenters. The lowest BCUT2D eigenvalue weighted by molar-refractivity contribution is 0.179. The lowest BCUT2D eigenvalue weighted by atomic mass is 10.1. The van der Waals surface area contributed by atoms with Crippen LogP contribution in [0.2, 0.25) is 0 Å². The van der Waals surface area contributed by atoms with Gasteiger partial charge < -0.3 is 23.7 Å². The summed E-state index contributed by atoms with van der Waals surface area (Å²) in [5.41, 5.74) is 0.941. The molecular weight excluding hydrogens is 436 g/mol. The van der Waals surface area contributed by atoms with E-state index in [0.717, 1.165) is 5.56 Å². The molecule has 0 radical (unpaired) electrons. The smallest absolute Gasteiger partial charge is 0.246 e. The van der Waals surface area contributed by atoms with E-state index in [4.69, 9.17) is 23.7 Å². The Balaban J connectivity index is 1.75. The zero-order chi connectivity index (χ0) is 23.3. The molecule has 1 heterocycles. The summed E-state index contributed by atoms with van der Waals surface area (Å²) in [5, 5.41) is 0. The van der Waals surface area contributed by atoms with Crippen molar-refractivity contribution in [3.63, 3.8) is 0 Å². The van der Waals surface area contributed by atoms with Crippen molar-refractivity contribution in [2.75, 3.05) is 61.7 Å². The molecule has 0 aromatic heterocycles. The fourth-order valence-electron chi connectivity index (χ4n) is 3.78. The van der Waals surface area contributed by atoms with E-state index < -0.39 is 10.0 Å². The Bertz CT molecular complexity index is 1030. The second kappa shape index (κ2) is 10.3. The Morgan fingerprint density at radius 2 is 1.38 bits per heavy atom. The van der Waals surface area contributed by atoms with Gasteiger partial charge in [0.05, 0.1) is 35.5 Å². The molecule has 3 rings (SSSR count). The van der Waals surface area contributed by atoms with Crippen LogP contribution in [-0.2, 0) is 16.6 Å². The summed E-state index contributed by atoms with van der Waals surface area (Å²) < 4.78 is 54.9. The number of nitrogens with zero attached hydrogens (tertiary/aromatic N) is 2. The van der Waals surface area contributed by atoms with Gasteiger partial charge in [0, 0.05) is 44.4 Å². The van der Waals surface area contributed by atoms with E-state index in [0.29, 0.717) is 61.5 Å². The zero-order valence-electron chi connectivity index (χ0n) is 19.1. The Morgan fingerprint density at radius 1 is 0.750 bits per heavy atom. The number of benzene rings is 2. The highest BCUT2D eigenvalue weighted by atomic mass is 32.2. The fraction of sp³-hybridized carbons (Fsp3) is 0.455. The second-order valence-corrected chi connectivity index (χ2v) is 9.10. The highest BCUT2D eigenvalue weighted by molar-refractivity contribution is 7.89. The second-order valence-electron chi connectivity index (χ2n) is 7.19. The SMILES string of the molecule is COc1ccc(OC)c(S(=O)(=O)N2CCN(Cc3ccc(OC)c(OC)c3OC)CC2)c1. The standard InChI is InChI=1S/C22H30N2O7S/c1-27-17-7-9-18(28-2)20(14-17)32(25,26)24-12-10-23(11-13-24)15-16-6-8-19(29-3)22(31-5)21(16)30-4/h6-9,14H,10-13,15H2,1-5H3. The van der Waals surface area contributed by atoms with Crippen LogP contribution >= 0.6 is 0 Å². The molecule has 10 heteroatoms. The van der Waals surface area contributed by atoms with E-state index in [1.54, 1.807) is 33.5 Å². The van der Waals surface area contributed by atoms with Gasteiger partial charge in [0.25, 0.3) is 0 Å². The van der Waals surface area contributed by atoms with Crippen molar-refractivity contribution in [2.24, 2.45) is 0 Å². The van der Waals surface area contributed by atoms with Crippen molar-refractivity contribution in [3.05, 3.63) is 35.9 Å². The monoisotopic (exact) mass is 466 g/mol. The number of sulfonamides is 1.